The lowest BCUT2D eigenvalue weighted by Crippen LogP contribution is -2.14. The van der Waals surface area contributed by atoms with Gasteiger partial charge in [0.25, 0.3) is 0 Å². The van der Waals surface area contributed by atoms with Crippen molar-refractivity contribution in [3.8, 4) is 0 Å². The predicted molar refractivity (Wildman–Crippen MR) is 46.8 cm³/mol. The Morgan fingerprint density at radius 2 is 2.62 bits per heavy atom. The number of nitrogens with one attached hydrogen (secondary N) is 1. The Labute approximate surface area is 76.3 Å². The summed E-state index contributed by atoms with van der Waals surface area (Å²) in [4.78, 5) is 17.7. The van der Waals surface area contributed by atoms with E-state index in [0.717, 1.165) is 0 Å². The number of hydrogen-bond donors (Lipinski definition) is 2. The number of aromatic nitrogens is 2. The highest BCUT2D eigenvalue weighted by molar-refractivity contribution is 5.69. The van der Waals surface area contributed by atoms with Crippen LogP contribution < -0.4 is 5.73 Å². The fourth-order valence-electron chi connectivity index (χ4n) is 0.992. The van der Waals surface area contributed by atoms with Crippen molar-refractivity contribution in [3.63, 3.8) is 0 Å². The molecule has 1 aromatic rings. The van der Waals surface area contributed by atoms with E-state index < -0.39 is 0 Å². The molecule has 0 aromatic carbocycles. The number of hydrogen-bond acceptors (Lipinski definition) is 4. The smallest absolute Gasteiger partial charge is 0.305 e. The molecule has 0 saturated heterocycles. The van der Waals surface area contributed by atoms with Crippen LogP contribution in [0.5, 0.6) is 0 Å². The molecule has 0 fully saturated rings. The van der Waals surface area contributed by atoms with E-state index in [1.165, 1.54) is 7.11 Å². The fraction of sp³-hybridized carbons (Fsp3) is 0.500. The summed E-state index contributed by atoms with van der Waals surface area (Å²) >= 11 is 0. The van der Waals surface area contributed by atoms with E-state index in [2.05, 4.69) is 14.7 Å². The van der Waals surface area contributed by atoms with E-state index in [-0.39, 0.29) is 12.0 Å². The molecule has 1 unspecified atom stereocenters. The monoisotopic (exact) mass is 183 g/mol. The van der Waals surface area contributed by atoms with Crippen molar-refractivity contribution < 1.29 is 9.53 Å². The average molecular weight is 183 g/mol. The third-order valence-electron chi connectivity index (χ3n) is 1.76. The van der Waals surface area contributed by atoms with Gasteiger partial charge in [0.1, 0.15) is 5.82 Å². The maximum absolute atomic E-state index is 10.8. The summed E-state index contributed by atoms with van der Waals surface area (Å²) in [5, 5.41) is 0. The highest BCUT2D eigenvalue weighted by atomic mass is 16.5. The van der Waals surface area contributed by atoms with Gasteiger partial charge in [0.2, 0.25) is 0 Å². The first kappa shape index (κ1) is 9.73. The SMILES string of the molecule is COC(=O)CCC(N)c1ncc[nH]1. The van der Waals surface area contributed by atoms with E-state index in [9.17, 15) is 4.79 Å². The zero-order chi connectivity index (χ0) is 9.68. The van der Waals surface area contributed by atoms with Crippen LogP contribution in [0.2, 0.25) is 0 Å². The van der Waals surface area contributed by atoms with Gasteiger partial charge in [-0.1, -0.05) is 0 Å². The van der Waals surface area contributed by atoms with Crippen LogP contribution in [-0.2, 0) is 9.53 Å². The topological polar surface area (TPSA) is 81.0 Å². The van der Waals surface area contributed by atoms with Crippen LogP contribution in [-0.4, -0.2) is 23.0 Å². The van der Waals surface area contributed by atoms with Crippen molar-refractivity contribution in [1.29, 1.82) is 0 Å². The summed E-state index contributed by atoms with van der Waals surface area (Å²) in [6, 6.07) is -0.228. The number of rotatable bonds is 4. The Bertz CT molecular complexity index is 258. The molecule has 1 rings (SSSR count). The lowest BCUT2D eigenvalue weighted by atomic mass is 10.1. The van der Waals surface area contributed by atoms with E-state index in [4.69, 9.17) is 5.73 Å². The Morgan fingerprint density at radius 1 is 1.85 bits per heavy atom. The highest BCUT2D eigenvalue weighted by Crippen LogP contribution is 2.10. The molecule has 0 aliphatic heterocycles. The lowest BCUT2D eigenvalue weighted by Gasteiger charge is -2.06. The second-order valence-electron chi connectivity index (χ2n) is 2.70. The van der Waals surface area contributed by atoms with E-state index in [0.29, 0.717) is 18.7 Å². The van der Waals surface area contributed by atoms with Gasteiger partial charge >= 0.3 is 5.97 Å². The number of methoxy groups -OCH3 is 1. The zero-order valence-corrected chi connectivity index (χ0v) is 7.49. The van der Waals surface area contributed by atoms with Crippen LogP contribution in [0.1, 0.15) is 24.7 Å². The first-order valence-corrected chi connectivity index (χ1v) is 4.05. The number of esters is 1. The van der Waals surface area contributed by atoms with E-state index in [1.54, 1.807) is 12.4 Å². The number of carbonyl (C=O) groups is 1. The molecule has 0 saturated carbocycles. The molecule has 3 N–H and O–H groups in total. The minimum atomic E-state index is -0.248. The van der Waals surface area contributed by atoms with Gasteiger partial charge in [0, 0.05) is 18.8 Å². The van der Waals surface area contributed by atoms with Crippen LogP contribution >= 0.6 is 0 Å². The summed E-state index contributed by atoms with van der Waals surface area (Å²) < 4.78 is 4.49. The molecule has 5 heteroatoms. The summed E-state index contributed by atoms with van der Waals surface area (Å²) in [6.07, 6.45) is 4.19. The molecule has 1 heterocycles. The molecule has 13 heavy (non-hydrogen) atoms. The van der Waals surface area contributed by atoms with Gasteiger partial charge in [-0.15, -0.1) is 0 Å². The van der Waals surface area contributed by atoms with Gasteiger partial charge in [-0.25, -0.2) is 4.98 Å². The number of imidazole rings is 1. The molecular weight excluding hydrogens is 170 g/mol. The summed E-state index contributed by atoms with van der Waals surface area (Å²) in [5.41, 5.74) is 5.74. The van der Waals surface area contributed by atoms with Gasteiger partial charge in [-0.3, -0.25) is 4.79 Å². The maximum Gasteiger partial charge on any atom is 0.305 e. The highest BCUT2D eigenvalue weighted by Gasteiger charge is 2.10. The van der Waals surface area contributed by atoms with Crippen molar-refractivity contribution in [2.75, 3.05) is 7.11 Å². The Kier molecular flexibility index (Phi) is 3.45. The minimum absolute atomic E-state index is 0.228. The largest absolute Gasteiger partial charge is 0.469 e. The van der Waals surface area contributed by atoms with Crippen molar-refractivity contribution in [3.05, 3.63) is 18.2 Å². The van der Waals surface area contributed by atoms with E-state index in [1.807, 2.05) is 0 Å². The maximum atomic E-state index is 10.8. The predicted octanol–water partition coefficient (Wildman–Crippen LogP) is 0.363. The van der Waals surface area contributed by atoms with Gasteiger partial charge in [-0.05, 0) is 6.42 Å². The number of nitrogens with two attached hydrogens (primary N) is 1. The van der Waals surface area contributed by atoms with Crippen molar-refractivity contribution in [2.24, 2.45) is 5.73 Å². The van der Waals surface area contributed by atoms with Gasteiger partial charge in [0.05, 0.1) is 13.2 Å². The molecule has 0 bridgehead atoms. The van der Waals surface area contributed by atoms with Crippen LogP contribution in [0.4, 0.5) is 0 Å². The number of H-pyrrole nitrogens is 1. The number of aromatic amines is 1. The number of carbonyl (C=O) groups excluding carboxylic acids is 1. The number of nitrogens with zero attached hydrogens (tertiary/aromatic N) is 1. The Hall–Kier alpha value is -1.36. The molecule has 72 valence electrons. The van der Waals surface area contributed by atoms with Gasteiger partial charge in [0.15, 0.2) is 0 Å². The normalized spacial score (nSPS) is 12.5. The van der Waals surface area contributed by atoms with E-state index >= 15 is 0 Å². The molecule has 0 aliphatic rings. The third kappa shape index (κ3) is 2.87. The molecule has 0 amide bonds. The Morgan fingerprint density at radius 3 is 3.15 bits per heavy atom. The molecule has 1 aromatic heterocycles. The second-order valence-corrected chi connectivity index (χ2v) is 2.70. The molecule has 0 radical (unpaired) electrons. The van der Waals surface area contributed by atoms with Crippen LogP contribution in [0.25, 0.3) is 0 Å². The number of ether oxygens (including phenoxy) is 1. The van der Waals surface area contributed by atoms with Gasteiger partial charge < -0.3 is 15.5 Å². The molecule has 0 spiro atoms. The molecule has 5 nitrogen and oxygen atoms in total. The summed E-state index contributed by atoms with van der Waals surface area (Å²) in [6.45, 7) is 0. The fourth-order valence-corrected chi connectivity index (χ4v) is 0.992. The van der Waals surface area contributed by atoms with Gasteiger partial charge in [-0.2, -0.15) is 0 Å². The quantitative estimate of drug-likeness (QED) is 0.660. The molecule has 0 aliphatic carbocycles. The minimum Gasteiger partial charge on any atom is -0.469 e. The molecule has 1 atom stereocenters. The first-order valence-electron chi connectivity index (χ1n) is 4.05. The Balaban J connectivity index is 2.34. The zero-order valence-electron chi connectivity index (χ0n) is 7.49. The van der Waals surface area contributed by atoms with Crippen LogP contribution in [0.3, 0.4) is 0 Å². The van der Waals surface area contributed by atoms with Crippen LogP contribution in [0.15, 0.2) is 12.4 Å². The summed E-state index contributed by atoms with van der Waals surface area (Å²) in [7, 11) is 1.36. The average Bonchev–Trinajstić information content (AvgIpc) is 2.66. The van der Waals surface area contributed by atoms with Crippen molar-refractivity contribution >= 4 is 5.97 Å². The van der Waals surface area contributed by atoms with Crippen molar-refractivity contribution in [2.45, 2.75) is 18.9 Å². The standard InChI is InChI=1S/C8H13N3O2/c1-13-7(12)3-2-6(9)8-10-4-5-11-8/h4-6H,2-3,9H2,1H3,(H,10,11). The third-order valence-corrected chi connectivity index (χ3v) is 1.76. The molecular formula is C8H13N3O2. The summed E-state index contributed by atoms with van der Waals surface area (Å²) in [5.74, 6) is 0.450. The van der Waals surface area contributed by atoms with Crippen molar-refractivity contribution in [1.82, 2.24) is 9.97 Å². The lowest BCUT2D eigenvalue weighted by molar-refractivity contribution is -0.140. The first-order chi connectivity index (χ1) is 6.24. The second kappa shape index (κ2) is 4.61. The van der Waals surface area contributed by atoms with Crippen LogP contribution in [0, 0.1) is 0 Å².